The summed E-state index contributed by atoms with van der Waals surface area (Å²) in [6.07, 6.45) is 5.92. The topological polar surface area (TPSA) is 114 Å². The highest BCUT2D eigenvalue weighted by molar-refractivity contribution is 5.86. The molecular weight excluding hydrogens is 580 g/mol. The molecule has 8 heteroatoms. The van der Waals surface area contributed by atoms with Gasteiger partial charge in [-0.15, -0.1) is 13.2 Å². The van der Waals surface area contributed by atoms with Crippen molar-refractivity contribution in [3.05, 3.63) is 127 Å². The first-order valence-electron chi connectivity index (χ1n) is 15.8. The van der Waals surface area contributed by atoms with Crippen molar-refractivity contribution in [1.29, 1.82) is 0 Å². The van der Waals surface area contributed by atoms with Gasteiger partial charge in [-0.25, -0.2) is 0 Å². The molecule has 3 aromatic rings. The van der Waals surface area contributed by atoms with Crippen molar-refractivity contribution in [2.24, 2.45) is 11.8 Å². The largest absolute Gasteiger partial charge is 0.489 e. The van der Waals surface area contributed by atoms with E-state index in [-0.39, 0.29) is 49.9 Å². The Labute approximate surface area is 272 Å². The highest BCUT2D eigenvalue weighted by Gasteiger charge is 2.23. The number of rotatable bonds is 21. The fourth-order valence-corrected chi connectivity index (χ4v) is 5.01. The summed E-state index contributed by atoms with van der Waals surface area (Å²) in [4.78, 5) is 38.5. The fraction of sp³-hybridized carbons (Fsp3) is 0.342. The van der Waals surface area contributed by atoms with Crippen LogP contribution in [0.25, 0.3) is 0 Å². The van der Waals surface area contributed by atoms with Gasteiger partial charge in [-0.1, -0.05) is 84.9 Å². The number of aliphatic hydroxyl groups is 1. The summed E-state index contributed by atoms with van der Waals surface area (Å²) in [5, 5.41) is 15.5. The molecule has 3 rings (SSSR count). The Bertz CT molecular complexity index is 1360. The van der Waals surface area contributed by atoms with Gasteiger partial charge in [0.25, 0.3) is 0 Å². The molecule has 0 aliphatic rings. The molecule has 3 atom stereocenters. The number of hydrogen-bond donors (Lipinski definition) is 3. The fourth-order valence-electron chi connectivity index (χ4n) is 5.01. The van der Waals surface area contributed by atoms with Crippen LogP contribution in [0.5, 0.6) is 5.75 Å². The summed E-state index contributed by atoms with van der Waals surface area (Å²) < 4.78 is 11.3. The Balaban J connectivity index is 1.42. The summed E-state index contributed by atoms with van der Waals surface area (Å²) in [5.74, 6) is -1.21. The van der Waals surface area contributed by atoms with E-state index < -0.39 is 12.0 Å². The second-order valence-electron chi connectivity index (χ2n) is 11.2. The number of hydrogen-bond acceptors (Lipinski definition) is 6. The van der Waals surface area contributed by atoms with Crippen LogP contribution in [-0.4, -0.2) is 48.7 Å². The average Bonchev–Trinajstić information content (AvgIpc) is 3.08. The standard InChI is InChI=1S/C38H46N2O6/c1-3-5-17-33(24-29-13-8-6-9-14-29)38(44)45-23-22-39-37(43)32(12-4-2)26-36(42)40-34(27-41)25-30-18-20-35(21-19-30)46-28-31-15-10-7-11-16-31/h3-4,6-11,13-16,18-21,32-34,41H,1-2,5,12,17,22-28H2,(H,39,43)(H,40,42)/t32-,33+,34-/m0/s1. The lowest BCUT2D eigenvalue weighted by atomic mass is 9.95. The lowest BCUT2D eigenvalue weighted by molar-refractivity contribution is -0.149. The molecule has 0 aromatic heterocycles. The number of benzene rings is 3. The van der Waals surface area contributed by atoms with Crippen molar-refractivity contribution < 1.29 is 29.0 Å². The third kappa shape index (κ3) is 13.1. The maximum Gasteiger partial charge on any atom is 0.309 e. The van der Waals surface area contributed by atoms with Gasteiger partial charge >= 0.3 is 5.97 Å². The zero-order valence-electron chi connectivity index (χ0n) is 26.4. The minimum absolute atomic E-state index is 0.0274. The molecule has 0 saturated carbocycles. The van der Waals surface area contributed by atoms with Gasteiger partial charge in [-0.05, 0) is 60.9 Å². The Morgan fingerprint density at radius 1 is 0.804 bits per heavy atom. The predicted octanol–water partition coefficient (Wildman–Crippen LogP) is 5.35. The van der Waals surface area contributed by atoms with E-state index in [4.69, 9.17) is 9.47 Å². The SMILES string of the molecule is C=CCC[C@H](Cc1ccccc1)C(=O)OCCNC(=O)[C@@H](CC=C)CC(=O)N[C@H](CO)Cc1ccc(OCc2ccccc2)cc1. The van der Waals surface area contributed by atoms with E-state index >= 15 is 0 Å². The Morgan fingerprint density at radius 2 is 1.46 bits per heavy atom. The van der Waals surface area contributed by atoms with Crippen LogP contribution >= 0.6 is 0 Å². The number of allylic oxidation sites excluding steroid dienone is 2. The van der Waals surface area contributed by atoms with Crippen molar-refractivity contribution >= 4 is 17.8 Å². The molecular formula is C38H46N2O6. The van der Waals surface area contributed by atoms with Gasteiger partial charge in [-0.3, -0.25) is 14.4 Å². The zero-order valence-corrected chi connectivity index (χ0v) is 26.4. The van der Waals surface area contributed by atoms with E-state index in [1.54, 1.807) is 12.2 Å². The molecule has 2 amide bonds. The third-order valence-electron chi connectivity index (χ3n) is 7.52. The molecule has 0 unspecified atom stereocenters. The molecule has 3 aromatic carbocycles. The third-order valence-corrected chi connectivity index (χ3v) is 7.52. The summed E-state index contributed by atoms with van der Waals surface area (Å²) in [5.41, 5.74) is 3.05. The second-order valence-corrected chi connectivity index (χ2v) is 11.2. The monoisotopic (exact) mass is 626 g/mol. The van der Waals surface area contributed by atoms with Crippen LogP contribution in [0.4, 0.5) is 0 Å². The summed E-state index contributed by atoms with van der Waals surface area (Å²) in [6, 6.07) is 26.7. The average molecular weight is 627 g/mol. The highest BCUT2D eigenvalue weighted by Crippen LogP contribution is 2.18. The lowest BCUT2D eigenvalue weighted by Crippen LogP contribution is -2.42. The van der Waals surface area contributed by atoms with E-state index in [2.05, 4.69) is 23.8 Å². The first-order valence-corrected chi connectivity index (χ1v) is 15.8. The maximum absolute atomic E-state index is 12.9. The molecule has 0 heterocycles. The summed E-state index contributed by atoms with van der Waals surface area (Å²) in [6.45, 7) is 7.84. The molecule has 0 spiro atoms. The van der Waals surface area contributed by atoms with Crippen LogP contribution in [0.15, 0.2) is 110 Å². The summed E-state index contributed by atoms with van der Waals surface area (Å²) in [7, 11) is 0. The Morgan fingerprint density at radius 3 is 2.09 bits per heavy atom. The molecule has 0 fully saturated rings. The van der Waals surface area contributed by atoms with Crippen LogP contribution in [0.3, 0.4) is 0 Å². The molecule has 0 saturated heterocycles. The van der Waals surface area contributed by atoms with Crippen LogP contribution in [0, 0.1) is 11.8 Å². The normalized spacial score (nSPS) is 12.6. The molecule has 0 bridgehead atoms. The van der Waals surface area contributed by atoms with Crippen molar-refractivity contribution in [1.82, 2.24) is 10.6 Å². The van der Waals surface area contributed by atoms with E-state index in [1.807, 2.05) is 84.9 Å². The number of nitrogens with one attached hydrogen (secondary N) is 2. The molecule has 8 nitrogen and oxygen atoms in total. The second kappa shape index (κ2) is 20.4. The van der Waals surface area contributed by atoms with E-state index in [0.29, 0.717) is 38.7 Å². The summed E-state index contributed by atoms with van der Waals surface area (Å²) >= 11 is 0. The zero-order chi connectivity index (χ0) is 33.0. The van der Waals surface area contributed by atoms with E-state index in [0.717, 1.165) is 22.4 Å². The van der Waals surface area contributed by atoms with Crippen molar-refractivity contribution in [3.63, 3.8) is 0 Å². The van der Waals surface area contributed by atoms with Gasteiger partial charge in [0.1, 0.15) is 19.0 Å². The quantitative estimate of drug-likeness (QED) is 0.0835. The van der Waals surface area contributed by atoms with Gasteiger partial charge in [-0.2, -0.15) is 0 Å². The van der Waals surface area contributed by atoms with Gasteiger partial charge < -0.3 is 25.2 Å². The van der Waals surface area contributed by atoms with Gasteiger partial charge in [0.05, 0.1) is 31.0 Å². The predicted molar refractivity (Wildman–Crippen MR) is 180 cm³/mol. The number of esters is 1. The molecule has 0 aliphatic carbocycles. The van der Waals surface area contributed by atoms with Crippen molar-refractivity contribution in [3.8, 4) is 5.75 Å². The maximum atomic E-state index is 12.9. The molecule has 0 radical (unpaired) electrons. The number of aliphatic hydroxyl groups excluding tert-OH is 1. The minimum atomic E-state index is -0.646. The Kier molecular flexibility index (Phi) is 15.8. The Hall–Kier alpha value is -4.69. The first kappa shape index (κ1) is 35.8. The van der Waals surface area contributed by atoms with Crippen LogP contribution in [0.1, 0.15) is 42.4 Å². The number of amides is 2. The van der Waals surface area contributed by atoms with Crippen LogP contribution in [0.2, 0.25) is 0 Å². The lowest BCUT2D eigenvalue weighted by Gasteiger charge is -2.20. The van der Waals surface area contributed by atoms with Crippen molar-refractivity contribution in [2.45, 2.75) is 51.2 Å². The molecule has 0 aliphatic heterocycles. The number of ether oxygens (including phenoxy) is 2. The van der Waals surface area contributed by atoms with Crippen molar-refractivity contribution in [2.75, 3.05) is 19.8 Å². The smallest absolute Gasteiger partial charge is 0.309 e. The molecule has 3 N–H and O–H groups in total. The highest BCUT2D eigenvalue weighted by atomic mass is 16.5. The van der Waals surface area contributed by atoms with E-state index in [1.165, 1.54) is 0 Å². The van der Waals surface area contributed by atoms with Gasteiger partial charge in [0, 0.05) is 6.42 Å². The van der Waals surface area contributed by atoms with Crippen LogP contribution in [-0.2, 0) is 38.6 Å². The molecule has 46 heavy (non-hydrogen) atoms. The minimum Gasteiger partial charge on any atom is -0.489 e. The van der Waals surface area contributed by atoms with Gasteiger partial charge in [0.15, 0.2) is 0 Å². The molecule has 244 valence electrons. The number of carbonyl (C=O) groups is 3. The first-order chi connectivity index (χ1) is 22.4. The van der Waals surface area contributed by atoms with Gasteiger partial charge in [0.2, 0.25) is 11.8 Å². The van der Waals surface area contributed by atoms with Crippen LogP contribution < -0.4 is 15.4 Å². The number of carbonyl (C=O) groups excluding carboxylic acids is 3. The van der Waals surface area contributed by atoms with E-state index in [9.17, 15) is 19.5 Å².